The largest absolute Gasteiger partial charge is 0.466 e. The molecular weight excluding hydrogens is 1050 g/mol. The summed E-state index contributed by atoms with van der Waals surface area (Å²) in [7, 11) is 0. The van der Waals surface area contributed by atoms with Crippen molar-refractivity contribution in [2.75, 3.05) is 13.2 Å². The van der Waals surface area contributed by atoms with Gasteiger partial charge in [-0.15, -0.1) is 0 Å². The molecule has 6 heteroatoms. The summed E-state index contributed by atoms with van der Waals surface area (Å²) in [6.45, 7) is 5.01. The van der Waals surface area contributed by atoms with Crippen LogP contribution in [0.15, 0.2) is 12.2 Å². The average molecular weight is 1210 g/mol. The monoisotopic (exact) mass is 1210 g/mol. The number of allylic oxidation sites excluding steroid dienone is 2. The molecule has 1 amide bonds. The molecule has 0 spiro atoms. The smallest absolute Gasteiger partial charge is 0.305 e. The summed E-state index contributed by atoms with van der Waals surface area (Å²) in [5.74, 6) is -0.00556. The van der Waals surface area contributed by atoms with Gasteiger partial charge in [-0.25, -0.2) is 0 Å². The Kier molecular flexibility index (Phi) is 74.8. The van der Waals surface area contributed by atoms with Gasteiger partial charge in [0.2, 0.25) is 5.91 Å². The zero-order valence-corrected chi connectivity index (χ0v) is 58.8. The van der Waals surface area contributed by atoms with Crippen molar-refractivity contribution in [1.82, 2.24) is 5.32 Å². The highest BCUT2D eigenvalue weighted by atomic mass is 16.5. The van der Waals surface area contributed by atoms with E-state index in [-0.39, 0.29) is 18.5 Å². The van der Waals surface area contributed by atoms with Gasteiger partial charge in [0, 0.05) is 12.8 Å². The number of amides is 1. The molecule has 6 nitrogen and oxygen atoms in total. The summed E-state index contributed by atoms with van der Waals surface area (Å²) in [4.78, 5) is 24.7. The summed E-state index contributed by atoms with van der Waals surface area (Å²) in [6.07, 6.45) is 95.9. The predicted molar refractivity (Wildman–Crippen MR) is 380 cm³/mol. The Morgan fingerprint density at radius 2 is 0.547 bits per heavy atom. The summed E-state index contributed by atoms with van der Waals surface area (Å²) >= 11 is 0. The molecule has 0 aliphatic carbocycles. The van der Waals surface area contributed by atoms with Crippen LogP contribution in [0.4, 0.5) is 0 Å². The molecule has 0 aromatic carbocycles. The molecule has 0 fully saturated rings. The van der Waals surface area contributed by atoms with Crippen molar-refractivity contribution in [3.05, 3.63) is 12.2 Å². The van der Waals surface area contributed by atoms with E-state index in [4.69, 9.17) is 4.74 Å². The lowest BCUT2D eigenvalue weighted by molar-refractivity contribution is -0.143. The fourth-order valence-electron chi connectivity index (χ4n) is 13.0. The number of hydrogen-bond donors (Lipinski definition) is 3. The maximum Gasteiger partial charge on any atom is 0.305 e. The molecule has 0 saturated heterocycles. The molecule has 2 atom stereocenters. The van der Waals surface area contributed by atoms with Crippen molar-refractivity contribution in [2.45, 2.75) is 475 Å². The van der Waals surface area contributed by atoms with E-state index in [9.17, 15) is 19.8 Å². The lowest BCUT2D eigenvalue weighted by Gasteiger charge is -2.22. The Morgan fingerprint density at radius 1 is 0.314 bits per heavy atom. The van der Waals surface area contributed by atoms with Gasteiger partial charge in [-0.3, -0.25) is 9.59 Å². The van der Waals surface area contributed by atoms with Gasteiger partial charge in [0.25, 0.3) is 0 Å². The van der Waals surface area contributed by atoms with Crippen LogP contribution in [-0.2, 0) is 14.3 Å². The molecule has 0 aromatic heterocycles. The van der Waals surface area contributed by atoms with Crippen LogP contribution < -0.4 is 5.32 Å². The third kappa shape index (κ3) is 71.7. The minimum atomic E-state index is -0.661. The van der Waals surface area contributed by atoms with Crippen LogP contribution in [0, 0.1) is 0 Å². The number of carbonyl (C=O) groups excluding carboxylic acids is 2. The number of aliphatic hydroxyl groups is 2. The zero-order chi connectivity index (χ0) is 62.0. The summed E-state index contributed by atoms with van der Waals surface area (Å²) in [5.41, 5.74) is 0. The molecule has 0 saturated carbocycles. The third-order valence-corrected chi connectivity index (χ3v) is 19.1. The minimum Gasteiger partial charge on any atom is -0.466 e. The fraction of sp³-hybridized carbons (Fsp3) is 0.950. The molecule has 0 aliphatic heterocycles. The van der Waals surface area contributed by atoms with Crippen LogP contribution in [0.1, 0.15) is 463 Å². The Labute approximate surface area is 539 Å². The summed E-state index contributed by atoms with van der Waals surface area (Å²) in [5, 5.41) is 23.4. The first-order valence-corrected chi connectivity index (χ1v) is 39.9. The van der Waals surface area contributed by atoms with Crippen LogP contribution in [-0.4, -0.2) is 47.4 Å². The second-order valence-electron chi connectivity index (χ2n) is 27.8. The number of unbranched alkanes of at least 4 members (excludes halogenated alkanes) is 63. The second-order valence-corrected chi connectivity index (χ2v) is 27.8. The zero-order valence-electron chi connectivity index (χ0n) is 58.8. The normalized spacial score (nSPS) is 12.5. The van der Waals surface area contributed by atoms with E-state index in [1.807, 2.05) is 0 Å². The van der Waals surface area contributed by atoms with Gasteiger partial charge in [-0.2, -0.15) is 0 Å². The predicted octanol–water partition coefficient (Wildman–Crippen LogP) is 26.3. The van der Waals surface area contributed by atoms with Gasteiger partial charge >= 0.3 is 5.97 Å². The van der Waals surface area contributed by atoms with Gasteiger partial charge in [0.1, 0.15) is 0 Å². The molecule has 0 radical (unpaired) electrons. The van der Waals surface area contributed by atoms with Crippen molar-refractivity contribution in [3.63, 3.8) is 0 Å². The lowest BCUT2D eigenvalue weighted by Crippen LogP contribution is -2.45. The molecular formula is C80H157NO5. The second kappa shape index (κ2) is 76.1. The molecule has 2 unspecified atom stereocenters. The Hall–Kier alpha value is -1.40. The molecule has 86 heavy (non-hydrogen) atoms. The van der Waals surface area contributed by atoms with Crippen LogP contribution in [0.5, 0.6) is 0 Å². The van der Waals surface area contributed by atoms with Gasteiger partial charge in [-0.05, 0) is 51.4 Å². The Bertz CT molecular complexity index is 1300. The average Bonchev–Trinajstić information content (AvgIpc) is 3.54. The number of hydrogen-bond acceptors (Lipinski definition) is 5. The van der Waals surface area contributed by atoms with E-state index in [0.717, 1.165) is 38.5 Å². The van der Waals surface area contributed by atoms with Gasteiger partial charge in [0.15, 0.2) is 0 Å². The van der Waals surface area contributed by atoms with Crippen molar-refractivity contribution in [1.29, 1.82) is 0 Å². The maximum absolute atomic E-state index is 12.6. The number of esters is 1. The number of ether oxygens (including phenoxy) is 1. The number of rotatable bonds is 76. The first kappa shape index (κ1) is 84.6. The SMILES string of the molecule is CCCCCCCCC/C=C\CCCCCCCCCC(=O)OCCCCCCCCCCCCCCCCCCCCCCCCCCCCCCCCCCC(=O)NC(CO)C(O)CCCCCCCCCCCCCCCCCCCCC. The third-order valence-electron chi connectivity index (χ3n) is 19.1. The van der Waals surface area contributed by atoms with Crippen molar-refractivity contribution in [2.24, 2.45) is 0 Å². The van der Waals surface area contributed by atoms with E-state index < -0.39 is 12.1 Å². The highest BCUT2D eigenvalue weighted by Gasteiger charge is 2.20. The topological polar surface area (TPSA) is 95.9 Å². The van der Waals surface area contributed by atoms with Gasteiger partial charge in [0.05, 0.1) is 25.4 Å². The first-order valence-electron chi connectivity index (χ1n) is 39.9. The van der Waals surface area contributed by atoms with Crippen LogP contribution >= 0.6 is 0 Å². The van der Waals surface area contributed by atoms with E-state index in [1.165, 1.54) is 392 Å². The summed E-state index contributed by atoms with van der Waals surface area (Å²) in [6, 6.07) is -0.538. The van der Waals surface area contributed by atoms with Crippen molar-refractivity contribution >= 4 is 11.9 Å². The van der Waals surface area contributed by atoms with Crippen LogP contribution in [0.2, 0.25) is 0 Å². The molecule has 0 heterocycles. The number of nitrogens with one attached hydrogen (secondary N) is 1. The maximum atomic E-state index is 12.6. The van der Waals surface area contributed by atoms with Crippen LogP contribution in [0.25, 0.3) is 0 Å². The fourth-order valence-corrected chi connectivity index (χ4v) is 13.0. The Morgan fingerprint density at radius 3 is 0.826 bits per heavy atom. The standard InChI is InChI=1S/C80H157NO5/c1-3-5-7-9-11-13-15-17-19-21-37-40-44-48-52-56-60-64-68-72-78(83)77(76-82)81-79(84)73-69-65-61-57-53-49-45-41-38-35-33-31-29-27-25-23-24-26-28-30-32-34-36-39-43-47-51-55-59-63-67-71-75-86-80(85)74-70-66-62-58-54-50-46-42-22-20-18-16-14-12-10-8-6-4-2/h20,22,77-78,82-83H,3-19,21,23-76H2,1-2H3,(H,81,84)/b22-20-. The van der Waals surface area contributed by atoms with E-state index >= 15 is 0 Å². The van der Waals surface area contributed by atoms with Gasteiger partial charge < -0.3 is 20.3 Å². The molecule has 0 bridgehead atoms. The van der Waals surface area contributed by atoms with E-state index in [1.54, 1.807) is 0 Å². The molecule has 0 rings (SSSR count). The van der Waals surface area contributed by atoms with Crippen molar-refractivity contribution < 1.29 is 24.5 Å². The molecule has 3 N–H and O–H groups in total. The molecule has 0 aliphatic rings. The van der Waals surface area contributed by atoms with Gasteiger partial charge in [-0.1, -0.05) is 411 Å². The summed E-state index contributed by atoms with van der Waals surface area (Å²) < 4.78 is 5.51. The molecule has 512 valence electrons. The van der Waals surface area contributed by atoms with E-state index in [0.29, 0.717) is 25.9 Å². The first-order chi connectivity index (χ1) is 42.5. The quantitative estimate of drug-likeness (QED) is 0.0320. The highest BCUT2D eigenvalue weighted by Crippen LogP contribution is 2.20. The number of aliphatic hydroxyl groups excluding tert-OH is 2. The number of carbonyl (C=O) groups is 2. The lowest BCUT2D eigenvalue weighted by atomic mass is 10.0. The Balaban J connectivity index is 3.31. The minimum absolute atomic E-state index is 0.0196. The highest BCUT2D eigenvalue weighted by molar-refractivity contribution is 5.76. The van der Waals surface area contributed by atoms with Crippen LogP contribution in [0.3, 0.4) is 0 Å². The molecule has 0 aromatic rings. The van der Waals surface area contributed by atoms with Crippen molar-refractivity contribution in [3.8, 4) is 0 Å². The van der Waals surface area contributed by atoms with E-state index in [2.05, 4.69) is 31.3 Å².